The first-order valence-corrected chi connectivity index (χ1v) is 6.89. The van der Waals surface area contributed by atoms with Crippen molar-refractivity contribution in [1.29, 1.82) is 0 Å². The molecule has 0 aliphatic heterocycles. The molecule has 8 heteroatoms. The number of hydroxylamine groups is 1. The minimum absolute atomic E-state index is 0.205. The number of carbonyl (C=O) groups excluding carboxylic acids is 2. The SMILES string of the molecule is O=C(NO)c1ccc(/C=N/NC(=O)c2ccccc2Br)nc1. The Balaban J connectivity index is 1.99. The Labute approximate surface area is 134 Å². The number of hydrazone groups is 1. The second-order valence-electron chi connectivity index (χ2n) is 4.09. The monoisotopic (exact) mass is 362 g/mol. The molecule has 0 aliphatic rings. The summed E-state index contributed by atoms with van der Waals surface area (Å²) >= 11 is 3.28. The van der Waals surface area contributed by atoms with Gasteiger partial charge in [-0.3, -0.25) is 19.8 Å². The van der Waals surface area contributed by atoms with Crippen molar-refractivity contribution >= 4 is 34.0 Å². The van der Waals surface area contributed by atoms with E-state index in [-0.39, 0.29) is 11.5 Å². The number of hydrogen-bond acceptors (Lipinski definition) is 5. The maximum absolute atomic E-state index is 11.9. The molecule has 7 nitrogen and oxygen atoms in total. The van der Waals surface area contributed by atoms with Crippen LogP contribution in [0.4, 0.5) is 0 Å². The Morgan fingerprint density at radius 1 is 1.18 bits per heavy atom. The molecular formula is C14H11BrN4O3. The molecule has 1 aromatic carbocycles. The minimum Gasteiger partial charge on any atom is -0.288 e. The molecule has 1 aromatic heterocycles. The largest absolute Gasteiger partial charge is 0.288 e. The first-order chi connectivity index (χ1) is 10.6. The molecule has 0 saturated carbocycles. The number of nitrogens with one attached hydrogen (secondary N) is 2. The number of aromatic nitrogens is 1. The minimum atomic E-state index is -0.654. The zero-order valence-electron chi connectivity index (χ0n) is 11.2. The molecule has 0 saturated heterocycles. The molecule has 2 aromatic rings. The van der Waals surface area contributed by atoms with Gasteiger partial charge in [0.1, 0.15) is 0 Å². The van der Waals surface area contributed by atoms with E-state index in [0.717, 1.165) is 0 Å². The predicted molar refractivity (Wildman–Crippen MR) is 82.7 cm³/mol. The van der Waals surface area contributed by atoms with E-state index in [9.17, 15) is 9.59 Å². The Hall–Kier alpha value is -2.58. The van der Waals surface area contributed by atoms with Gasteiger partial charge in [-0.05, 0) is 40.2 Å². The third-order valence-corrected chi connectivity index (χ3v) is 3.32. The molecule has 0 atom stereocenters. The average Bonchev–Trinajstić information content (AvgIpc) is 2.55. The van der Waals surface area contributed by atoms with Crippen molar-refractivity contribution in [2.45, 2.75) is 0 Å². The lowest BCUT2D eigenvalue weighted by Crippen LogP contribution is -2.19. The van der Waals surface area contributed by atoms with E-state index in [4.69, 9.17) is 5.21 Å². The van der Waals surface area contributed by atoms with E-state index in [1.807, 2.05) is 0 Å². The maximum Gasteiger partial charge on any atom is 0.276 e. The molecule has 0 aliphatic carbocycles. The smallest absolute Gasteiger partial charge is 0.276 e. The topological polar surface area (TPSA) is 104 Å². The molecule has 0 radical (unpaired) electrons. The van der Waals surface area contributed by atoms with Gasteiger partial charge in [-0.2, -0.15) is 5.10 Å². The zero-order chi connectivity index (χ0) is 15.9. The Morgan fingerprint density at radius 3 is 2.59 bits per heavy atom. The highest BCUT2D eigenvalue weighted by atomic mass is 79.9. The summed E-state index contributed by atoms with van der Waals surface area (Å²) in [5.41, 5.74) is 5.00. The molecule has 2 rings (SSSR count). The van der Waals surface area contributed by atoms with Gasteiger partial charge in [0.25, 0.3) is 11.8 Å². The third kappa shape index (κ3) is 3.96. The standard InChI is InChI=1S/C14H11BrN4O3/c15-12-4-2-1-3-11(12)14(21)18-17-8-10-6-5-9(7-16-10)13(20)19-22/h1-8,22H,(H,18,21)(H,19,20)/b17-8+. The third-order valence-electron chi connectivity index (χ3n) is 2.63. The molecule has 1 heterocycles. The van der Waals surface area contributed by atoms with Gasteiger partial charge >= 0.3 is 0 Å². The first kappa shape index (κ1) is 15.8. The summed E-state index contributed by atoms with van der Waals surface area (Å²) in [6.07, 6.45) is 2.62. The van der Waals surface area contributed by atoms with Crippen LogP contribution in [0, 0.1) is 0 Å². The molecule has 0 spiro atoms. The van der Waals surface area contributed by atoms with Gasteiger partial charge in [-0.15, -0.1) is 0 Å². The number of halogens is 1. The number of rotatable bonds is 4. The highest BCUT2D eigenvalue weighted by Gasteiger charge is 2.07. The van der Waals surface area contributed by atoms with E-state index in [1.165, 1.54) is 30.0 Å². The fourth-order valence-corrected chi connectivity index (χ4v) is 2.01. The van der Waals surface area contributed by atoms with Crippen LogP contribution in [-0.2, 0) is 0 Å². The molecule has 22 heavy (non-hydrogen) atoms. The summed E-state index contributed by atoms with van der Waals surface area (Å²) in [5, 5.41) is 12.3. The van der Waals surface area contributed by atoms with Crippen molar-refractivity contribution in [1.82, 2.24) is 15.9 Å². The second kappa shape index (κ2) is 7.43. The van der Waals surface area contributed by atoms with Gasteiger partial charge in [-0.1, -0.05) is 12.1 Å². The van der Waals surface area contributed by atoms with E-state index < -0.39 is 5.91 Å². The van der Waals surface area contributed by atoms with Crippen LogP contribution in [-0.4, -0.2) is 28.2 Å². The lowest BCUT2D eigenvalue weighted by atomic mass is 10.2. The van der Waals surface area contributed by atoms with Crippen molar-refractivity contribution in [2.75, 3.05) is 0 Å². The van der Waals surface area contributed by atoms with Crippen molar-refractivity contribution in [2.24, 2.45) is 5.10 Å². The van der Waals surface area contributed by atoms with Gasteiger partial charge in [0.05, 0.1) is 23.0 Å². The molecule has 2 amide bonds. The van der Waals surface area contributed by atoms with Crippen molar-refractivity contribution < 1.29 is 14.8 Å². The number of hydrogen-bond donors (Lipinski definition) is 3. The number of amides is 2. The molecule has 0 bridgehead atoms. The summed E-state index contributed by atoms with van der Waals surface area (Å²) < 4.78 is 0.667. The van der Waals surface area contributed by atoms with Crippen molar-refractivity contribution in [3.8, 4) is 0 Å². The predicted octanol–water partition coefficient (Wildman–Crippen LogP) is 1.73. The Kier molecular flexibility index (Phi) is 5.34. The van der Waals surface area contributed by atoms with Gasteiger partial charge in [0.2, 0.25) is 0 Å². The van der Waals surface area contributed by atoms with Gasteiger partial charge in [0.15, 0.2) is 0 Å². The number of pyridine rings is 1. The van der Waals surface area contributed by atoms with Crippen LogP contribution in [0.25, 0.3) is 0 Å². The Bertz CT molecular complexity index is 716. The number of nitrogens with zero attached hydrogens (tertiary/aromatic N) is 2. The summed E-state index contributed by atoms with van der Waals surface area (Å²) in [6.45, 7) is 0. The van der Waals surface area contributed by atoms with E-state index in [0.29, 0.717) is 15.7 Å². The first-order valence-electron chi connectivity index (χ1n) is 6.10. The highest BCUT2D eigenvalue weighted by molar-refractivity contribution is 9.10. The second-order valence-corrected chi connectivity index (χ2v) is 4.95. The molecule has 3 N–H and O–H groups in total. The normalized spacial score (nSPS) is 10.5. The van der Waals surface area contributed by atoms with Gasteiger partial charge in [-0.25, -0.2) is 10.9 Å². The summed E-state index contributed by atoms with van der Waals surface area (Å²) in [6, 6.07) is 9.96. The lowest BCUT2D eigenvalue weighted by Gasteiger charge is -2.02. The van der Waals surface area contributed by atoms with Crippen LogP contribution >= 0.6 is 15.9 Å². The molecule has 0 unspecified atom stereocenters. The zero-order valence-corrected chi connectivity index (χ0v) is 12.7. The van der Waals surface area contributed by atoms with Gasteiger partial charge in [0, 0.05) is 10.7 Å². The number of carbonyl (C=O) groups is 2. The highest BCUT2D eigenvalue weighted by Crippen LogP contribution is 2.15. The van der Waals surface area contributed by atoms with Crippen LogP contribution < -0.4 is 10.9 Å². The summed E-state index contributed by atoms with van der Waals surface area (Å²) in [4.78, 5) is 27.0. The quantitative estimate of drug-likeness (QED) is 0.437. The van der Waals surface area contributed by atoms with Crippen LogP contribution in [0.2, 0.25) is 0 Å². The fourth-order valence-electron chi connectivity index (χ4n) is 1.54. The van der Waals surface area contributed by atoms with E-state index >= 15 is 0 Å². The lowest BCUT2D eigenvalue weighted by molar-refractivity contribution is 0.0706. The van der Waals surface area contributed by atoms with Crippen molar-refractivity contribution in [3.05, 3.63) is 63.9 Å². The summed E-state index contributed by atoms with van der Waals surface area (Å²) in [7, 11) is 0. The molecule has 112 valence electrons. The Morgan fingerprint density at radius 2 is 1.95 bits per heavy atom. The fraction of sp³-hybridized carbons (Fsp3) is 0. The van der Waals surface area contributed by atoms with E-state index in [2.05, 4.69) is 31.4 Å². The van der Waals surface area contributed by atoms with Gasteiger partial charge < -0.3 is 0 Å². The summed E-state index contributed by atoms with van der Waals surface area (Å²) in [5.74, 6) is -1.02. The van der Waals surface area contributed by atoms with Crippen LogP contribution in [0.5, 0.6) is 0 Å². The van der Waals surface area contributed by atoms with Crippen LogP contribution in [0.3, 0.4) is 0 Å². The van der Waals surface area contributed by atoms with Crippen LogP contribution in [0.1, 0.15) is 26.4 Å². The maximum atomic E-state index is 11.9. The molecule has 0 fully saturated rings. The van der Waals surface area contributed by atoms with Crippen molar-refractivity contribution in [3.63, 3.8) is 0 Å². The van der Waals surface area contributed by atoms with E-state index in [1.54, 1.807) is 24.3 Å². The molecular weight excluding hydrogens is 352 g/mol. The average molecular weight is 363 g/mol. The number of benzene rings is 1. The van der Waals surface area contributed by atoms with Crippen LogP contribution in [0.15, 0.2) is 52.2 Å².